The third-order valence-corrected chi connectivity index (χ3v) is 6.38. The molecule has 0 bridgehead atoms. The van der Waals surface area contributed by atoms with Crippen LogP contribution in [-0.2, 0) is 6.42 Å². The molecule has 0 radical (unpaired) electrons. The molecule has 5 nitrogen and oxygen atoms in total. The summed E-state index contributed by atoms with van der Waals surface area (Å²) >= 11 is 0.956. The number of Topliss-reactive ketones (excluding diaryl/α,β-unsaturated/α-hetero) is 1. The quantitative estimate of drug-likeness (QED) is 0.579. The summed E-state index contributed by atoms with van der Waals surface area (Å²) < 4.78 is 28.2. The molecule has 3 aromatic rings. The number of pyridine rings is 1. The first-order chi connectivity index (χ1) is 14.4. The molecule has 1 aliphatic rings. The zero-order valence-electron chi connectivity index (χ0n) is 16.1. The number of rotatable bonds is 5. The summed E-state index contributed by atoms with van der Waals surface area (Å²) in [6, 6.07) is 4.01. The van der Waals surface area contributed by atoms with Crippen molar-refractivity contribution in [2.75, 3.05) is 0 Å². The number of aromatic nitrogens is 2. The molecule has 0 unspecified atom stereocenters. The van der Waals surface area contributed by atoms with Gasteiger partial charge in [-0.25, -0.2) is 13.8 Å². The maximum atomic E-state index is 14.2. The molecule has 1 saturated carbocycles. The first-order valence-corrected chi connectivity index (χ1v) is 10.7. The van der Waals surface area contributed by atoms with Crippen LogP contribution in [0.25, 0.3) is 10.6 Å². The molecule has 1 aliphatic carbocycles. The third kappa shape index (κ3) is 4.11. The minimum atomic E-state index is -1.09. The number of ketones is 1. The molecule has 1 aromatic carbocycles. The zero-order chi connectivity index (χ0) is 21.3. The number of phenols is 1. The van der Waals surface area contributed by atoms with Crippen molar-refractivity contribution in [3.05, 3.63) is 64.4 Å². The van der Waals surface area contributed by atoms with Gasteiger partial charge in [0.15, 0.2) is 17.3 Å². The molecular weight excluding hydrogens is 408 g/mol. The number of nitrogens with zero attached hydrogens (tertiary/aromatic N) is 2. The first kappa shape index (κ1) is 20.6. The lowest BCUT2D eigenvalue weighted by Crippen LogP contribution is -2.27. The van der Waals surface area contributed by atoms with E-state index in [0.29, 0.717) is 5.92 Å². The van der Waals surface area contributed by atoms with Gasteiger partial charge in [-0.05, 0) is 54.5 Å². The highest BCUT2D eigenvalue weighted by atomic mass is 32.1. The molecule has 156 valence electrons. The molecule has 2 aromatic heterocycles. The Morgan fingerprint density at radius 3 is 2.90 bits per heavy atom. The summed E-state index contributed by atoms with van der Waals surface area (Å²) in [4.78, 5) is 21.1. The number of carbonyl (C=O) groups excluding carboxylic acids is 1. The number of phenolic OH excluding ortho intramolecular Hbond substituents is 1. The predicted molar refractivity (Wildman–Crippen MR) is 111 cm³/mol. The largest absolute Gasteiger partial charge is 0.505 e. The van der Waals surface area contributed by atoms with Crippen LogP contribution in [0.15, 0.2) is 36.0 Å². The Hall–Kier alpha value is -2.71. The van der Waals surface area contributed by atoms with E-state index >= 15 is 0 Å². The third-order valence-electron chi connectivity index (χ3n) is 5.52. The Labute approximate surface area is 176 Å². The summed E-state index contributed by atoms with van der Waals surface area (Å²) in [6.07, 6.45) is 7.48. The van der Waals surface area contributed by atoms with Crippen molar-refractivity contribution in [1.29, 1.82) is 0 Å². The topological polar surface area (TPSA) is 89.1 Å². The van der Waals surface area contributed by atoms with Crippen LogP contribution in [0.3, 0.4) is 0 Å². The van der Waals surface area contributed by atoms with Crippen LogP contribution in [0.1, 0.15) is 53.2 Å². The molecule has 1 fully saturated rings. The van der Waals surface area contributed by atoms with Gasteiger partial charge in [0.1, 0.15) is 16.5 Å². The number of halogens is 2. The summed E-state index contributed by atoms with van der Waals surface area (Å²) in [5, 5.41) is 11.0. The minimum absolute atomic E-state index is 0.00825. The van der Waals surface area contributed by atoms with Gasteiger partial charge in [-0.1, -0.05) is 6.42 Å². The van der Waals surface area contributed by atoms with Crippen molar-refractivity contribution in [1.82, 2.24) is 9.97 Å². The zero-order valence-corrected chi connectivity index (χ0v) is 17.0. The predicted octanol–water partition coefficient (Wildman–Crippen LogP) is 4.60. The highest BCUT2D eigenvalue weighted by Crippen LogP contribution is 2.35. The number of aromatic hydroxyl groups is 1. The van der Waals surface area contributed by atoms with Gasteiger partial charge in [-0.15, -0.1) is 11.3 Å². The van der Waals surface area contributed by atoms with Crippen LogP contribution in [0.4, 0.5) is 8.78 Å². The minimum Gasteiger partial charge on any atom is -0.505 e. The maximum Gasteiger partial charge on any atom is 0.186 e. The van der Waals surface area contributed by atoms with Gasteiger partial charge < -0.3 is 10.8 Å². The summed E-state index contributed by atoms with van der Waals surface area (Å²) in [5.41, 5.74) is 7.73. The molecule has 0 amide bonds. The number of hydrogen-bond donors (Lipinski definition) is 2. The van der Waals surface area contributed by atoms with Crippen molar-refractivity contribution in [2.24, 2.45) is 5.73 Å². The Morgan fingerprint density at radius 1 is 1.27 bits per heavy atom. The second kappa shape index (κ2) is 8.57. The van der Waals surface area contributed by atoms with Crippen molar-refractivity contribution in [2.45, 2.75) is 44.1 Å². The Balaban J connectivity index is 1.58. The van der Waals surface area contributed by atoms with E-state index in [-0.39, 0.29) is 28.9 Å². The van der Waals surface area contributed by atoms with E-state index in [2.05, 4.69) is 9.97 Å². The van der Waals surface area contributed by atoms with E-state index in [0.717, 1.165) is 60.3 Å². The number of nitrogens with two attached hydrogens (primary N) is 1. The van der Waals surface area contributed by atoms with Crippen LogP contribution in [-0.4, -0.2) is 26.9 Å². The fraction of sp³-hybridized carbons (Fsp3) is 0.318. The van der Waals surface area contributed by atoms with Crippen LogP contribution in [0.5, 0.6) is 5.75 Å². The fourth-order valence-corrected chi connectivity index (χ4v) is 4.88. The first-order valence-electron chi connectivity index (χ1n) is 9.78. The van der Waals surface area contributed by atoms with E-state index < -0.39 is 22.9 Å². The molecule has 0 saturated heterocycles. The van der Waals surface area contributed by atoms with E-state index in [1.165, 1.54) is 5.38 Å². The average molecular weight is 429 g/mol. The fourth-order valence-electron chi connectivity index (χ4n) is 4.01. The molecule has 2 atom stereocenters. The molecule has 4 rings (SSSR count). The molecule has 30 heavy (non-hydrogen) atoms. The Kier molecular flexibility index (Phi) is 5.87. The van der Waals surface area contributed by atoms with E-state index in [1.54, 1.807) is 12.4 Å². The van der Waals surface area contributed by atoms with Crippen molar-refractivity contribution in [3.63, 3.8) is 0 Å². The van der Waals surface area contributed by atoms with E-state index in [9.17, 15) is 18.7 Å². The van der Waals surface area contributed by atoms with Gasteiger partial charge in [0.2, 0.25) is 0 Å². The number of thiazole rings is 1. The van der Waals surface area contributed by atoms with Gasteiger partial charge in [0.25, 0.3) is 0 Å². The molecule has 3 N–H and O–H groups in total. The van der Waals surface area contributed by atoms with E-state index in [1.807, 2.05) is 6.07 Å². The molecule has 2 heterocycles. The van der Waals surface area contributed by atoms with Gasteiger partial charge in [0, 0.05) is 30.2 Å². The summed E-state index contributed by atoms with van der Waals surface area (Å²) in [7, 11) is 0. The van der Waals surface area contributed by atoms with Crippen LogP contribution in [0.2, 0.25) is 0 Å². The monoisotopic (exact) mass is 429 g/mol. The van der Waals surface area contributed by atoms with Crippen LogP contribution >= 0.6 is 11.3 Å². The highest BCUT2D eigenvalue weighted by Gasteiger charge is 2.25. The Bertz CT molecular complexity index is 1090. The lowest BCUT2D eigenvalue weighted by Gasteiger charge is -2.28. The van der Waals surface area contributed by atoms with Gasteiger partial charge in [0.05, 0.1) is 5.56 Å². The standard InChI is InChI=1S/C22H21F2N3O2S/c23-16-4-5-18(28)21(24)20(16)22-27-17(11-30-22)19(29)9-13-10-26-7-6-15(13)12-2-1-3-14(25)8-12/h4-7,10-12,14,28H,1-3,8-9,25H2/t12-,14+/m1/s1. The molecule has 0 spiro atoms. The maximum absolute atomic E-state index is 14.2. The smallest absolute Gasteiger partial charge is 0.186 e. The second-order valence-corrected chi connectivity index (χ2v) is 8.45. The number of hydrogen-bond acceptors (Lipinski definition) is 6. The van der Waals surface area contributed by atoms with Crippen molar-refractivity contribution >= 4 is 17.1 Å². The number of carbonyl (C=O) groups is 1. The van der Waals surface area contributed by atoms with Crippen molar-refractivity contribution in [3.8, 4) is 16.3 Å². The molecule has 8 heteroatoms. The number of benzene rings is 1. The molecule has 0 aliphatic heterocycles. The summed E-state index contributed by atoms with van der Waals surface area (Å²) in [6.45, 7) is 0. The second-order valence-electron chi connectivity index (χ2n) is 7.59. The SMILES string of the molecule is N[C@H]1CCC[C@@H](c2ccncc2CC(=O)c2csc(-c3c(F)ccc(O)c3F)n2)C1. The lowest BCUT2D eigenvalue weighted by molar-refractivity contribution is 0.0988. The highest BCUT2D eigenvalue weighted by molar-refractivity contribution is 7.13. The summed E-state index contributed by atoms with van der Waals surface area (Å²) in [5.74, 6) is -2.57. The van der Waals surface area contributed by atoms with E-state index in [4.69, 9.17) is 5.73 Å². The Morgan fingerprint density at radius 2 is 2.10 bits per heavy atom. The lowest BCUT2D eigenvalue weighted by atomic mass is 9.80. The van der Waals surface area contributed by atoms with Gasteiger partial charge in [-0.2, -0.15) is 0 Å². The van der Waals surface area contributed by atoms with Gasteiger partial charge in [-0.3, -0.25) is 9.78 Å². The average Bonchev–Trinajstić information content (AvgIpc) is 3.21. The normalized spacial score (nSPS) is 19.0. The van der Waals surface area contributed by atoms with Gasteiger partial charge >= 0.3 is 0 Å². The van der Waals surface area contributed by atoms with Crippen LogP contribution in [0, 0.1) is 11.6 Å². The molecular formula is C22H21F2N3O2S. The van der Waals surface area contributed by atoms with Crippen molar-refractivity contribution < 1.29 is 18.7 Å². The van der Waals surface area contributed by atoms with Crippen LogP contribution < -0.4 is 5.73 Å².